The molecule has 0 fully saturated rings. The number of hydrogen-bond acceptors (Lipinski definition) is 4. The number of ether oxygens (including phenoxy) is 2. The third-order valence-electron chi connectivity index (χ3n) is 3.24. The Morgan fingerprint density at radius 2 is 1.86 bits per heavy atom. The van der Waals surface area contributed by atoms with Gasteiger partial charge in [0.15, 0.2) is 0 Å². The Bertz CT molecular complexity index is 631. The molecule has 1 unspecified atom stereocenters. The molecule has 0 aliphatic rings. The van der Waals surface area contributed by atoms with Crippen molar-refractivity contribution in [1.29, 1.82) is 0 Å². The quantitative estimate of drug-likeness (QED) is 0.840. The van der Waals surface area contributed by atoms with Crippen molar-refractivity contribution in [3.05, 3.63) is 46.4 Å². The SMILES string of the molecule is COc1ccc(O)c(C(C)Nc2ccc(OC)c(Br)c2)c1. The lowest BCUT2D eigenvalue weighted by Gasteiger charge is -2.18. The minimum absolute atomic E-state index is 0.0691. The topological polar surface area (TPSA) is 50.7 Å². The molecular formula is C16H18BrNO3. The fraction of sp³-hybridized carbons (Fsp3) is 0.250. The summed E-state index contributed by atoms with van der Waals surface area (Å²) in [5, 5.41) is 13.3. The second-order valence-electron chi connectivity index (χ2n) is 4.64. The molecular weight excluding hydrogens is 334 g/mol. The van der Waals surface area contributed by atoms with E-state index in [4.69, 9.17) is 9.47 Å². The summed E-state index contributed by atoms with van der Waals surface area (Å²) >= 11 is 3.46. The zero-order valence-electron chi connectivity index (χ0n) is 12.2. The molecule has 0 radical (unpaired) electrons. The standard InChI is InChI=1S/C16H18BrNO3/c1-10(13-9-12(20-2)5-6-15(13)19)18-11-4-7-16(21-3)14(17)8-11/h4-10,18-19H,1-3H3. The van der Waals surface area contributed by atoms with E-state index in [-0.39, 0.29) is 11.8 Å². The Kier molecular flexibility index (Phi) is 4.96. The Morgan fingerprint density at radius 1 is 1.10 bits per heavy atom. The number of phenols is 1. The highest BCUT2D eigenvalue weighted by atomic mass is 79.9. The molecule has 2 rings (SSSR count). The number of methoxy groups -OCH3 is 2. The largest absolute Gasteiger partial charge is 0.508 e. The number of nitrogens with one attached hydrogen (secondary N) is 1. The fourth-order valence-corrected chi connectivity index (χ4v) is 2.63. The highest BCUT2D eigenvalue weighted by molar-refractivity contribution is 9.10. The zero-order valence-corrected chi connectivity index (χ0v) is 13.8. The summed E-state index contributed by atoms with van der Waals surface area (Å²) in [6.45, 7) is 1.98. The number of aromatic hydroxyl groups is 1. The van der Waals surface area contributed by atoms with Gasteiger partial charge in [0.05, 0.1) is 24.7 Å². The molecule has 2 N–H and O–H groups in total. The van der Waals surface area contributed by atoms with E-state index in [0.717, 1.165) is 21.5 Å². The number of benzene rings is 2. The highest BCUT2D eigenvalue weighted by Gasteiger charge is 2.12. The molecule has 2 aromatic rings. The van der Waals surface area contributed by atoms with Crippen LogP contribution in [0.25, 0.3) is 0 Å². The van der Waals surface area contributed by atoms with Gasteiger partial charge in [-0.25, -0.2) is 0 Å². The van der Waals surface area contributed by atoms with Gasteiger partial charge in [-0.2, -0.15) is 0 Å². The molecule has 21 heavy (non-hydrogen) atoms. The number of phenolic OH excluding ortho intramolecular Hbond substituents is 1. The van der Waals surface area contributed by atoms with Gasteiger partial charge in [-0.15, -0.1) is 0 Å². The van der Waals surface area contributed by atoms with Crippen LogP contribution in [0.2, 0.25) is 0 Å². The van der Waals surface area contributed by atoms with Gasteiger partial charge in [0.2, 0.25) is 0 Å². The minimum atomic E-state index is -0.0691. The van der Waals surface area contributed by atoms with Crippen molar-refractivity contribution in [2.45, 2.75) is 13.0 Å². The Balaban J connectivity index is 2.21. The van der Waals surface area contributed by atoms with Crippen molar-refractivity contribution in [3.63, 3.8) is 0 Å². The van der Waals surface area contributed by atoms with Gasteiger partial charge in [0, 0.05) is 11.3 Å². The van der Waals surface area contributed by atoms with Crippen LogP contribution in [0.1, 0.15) is 18.5 Å². The van der Waals surface area contributed by atoms with Crippen molar-refractivity contribution in [3.8, 4) is 17.2 Å². The van der Waals surface area contributed by atoms with Crippen LogP contribution in [-0.4, -0.2) is 19.3 Å². The number of hydrogen-bond donors (Lipinski definition) is 2. The Morgan fingerprint density at radius 3 is 2.48 bits per heavy atom. The van der Waals surface area contributed by atoms with Gasteiger partial charge in [-0.3, -0.25) is 0 Å². The molecule has 1 atom stereocenters. The maximum absolute atomic E-state index is 9.99. The molecule has 0 saturated carbocycles. The summed E-state index contributed by atoms with van der Waals surface area (Å²) in [6, 6.07) is 10.9. The van der Waals surface area contributed by atoms with Crippen LogP contribution in [0.5, 0.6) is 17.2 Å². The lowest BCUT2D eigenvalue weighted by Crippen LogP contribution is -2.07. The van der Waals surface area contributed by atoms with Gasteiger partial charge in [0.25, 0.3) is 0 Å². The molecule has 0 aliphatic carbocycles. The summed E-state index contributed by atoms with van der Waals surface area (Å²) in [4.78, 5) is 0. The van der Waals surface area contributed by atoms with Gasteiger partial charge in [-0.1, -0.05) is 0 Å². The first-order valence-electron chi connectivity index (χ1n) is 6.52. The molecule has 0 aromatic heterocycles. The van der Waals surface area contributed by atoms with Crippen molar-refractivity contribution < 1.29 is 14.6 Å². The summed E-state index contributed by atoms with van der Waals surface area (Å²) in [6.07, 6.45) is 0. The molecule has 4 nitrogen and oxygen atoms in total. The van der Waals surface area contributed by atoms with E-state index in [2.05, 4.69) is 21.2 Å². The van der Waals surface area contributed by atoms with Crippen LogP contribution in [-0.2, 0) is 0 Å². The van der Waals surface area contributed by atoms with E-state index in [1.807, 2.05) is 31.2 Å². The van der Waals surface area contributed by atoms with Gasteiger partial charge < -0.3 is 19.9 Å². The van der Waals surface area contributed by atoms with Gasteiger partial charge in [0.1, 0.15) is 17.2 Å². The van der Waals surface area contributed by atoms with Gasteiger partial charge >= 0.3 is 0 Å². The number of anilines is 1. The van der Waals surface area contributed by atoms with Crippen molar-refractivity contribution >= 4 is 21.6 Å². The van der Waals surface area contributed by atoms with E-state index in [1.165, 1.54) is 0 Å². The third-order valence-corrected chi connectivity index (χ3v) is 3.86. The van der Waals surface area contributed by atoms with Gasteiger partial charge in [-0.05, 0) is 59.3 Å². The molecule has 0 spiro atoms. The Labute approximate surface area is 132 Å². The molecule has 5 heteroatoms. The molecule has 0 saturated heterocycles. The second kappa shape index (κ2) is 6.72. The van der Waals surface area contributed by atoms with E-state index in [0.29, 0.717) is 5.75 Å². The van der Waals surface area contributed by atoms with Crippen molar-refractivity contribution in [2.75, 3.05) is 19.5 Å². The average molecular weight is 352 g/mol. The lowest BCUT2D eigenvalue weighted by atomic mass is 10.1. The van der Waals surface area contributed by atoms with E-state index in [1.54, 1.807) is 26.4 Å². The first-order chi connectivity index (χ1) is 10.0. The summed E-state index contributed by atoms with van der Waals surface area (Å²) < 4.78 is 11.3. The van der Waals surface area contributed by atoms with Crippen LogP contribution < -0.4 is 14.8 Å². The fourth-order valence-electron chi connectivity index (χ4n) is 2.09. The lowest BCUT2D eigenvalue weighted by molar-refractivity contribution is 0.410. The van der Waals surface area contributed by atoms with Crippen molar-refractivity contribution in [1.82, 2.24) is 0 Å². The van der Waals surface area contributed by atoms with Crippen LogP contribution in [0.15, 0.2) is 40.9 Å². The van der Waals surface area contributed by atoms with Crippen LogP contribution in [0.3, 0.4) is 0 Å². The molecule has 0 bridgehead atoms. The molecule has 0 amide bonds. The zero-order chi connectivity index (χ0) is 15.4. The monoisotopic (exact) mass is 351 g/mol. The summed E-state index contributed by atoms with van der Waals surface area (Å²) in [7, 11) is 3.24. The molecule has 0 heterocycles. The first-order valence-corrected chi connectivity index (χ1v) is 7.31. The molecule has 2 aromatic carbocycles. The van der Waals surface area contributed by atoms with Crippen LogP contribution >= 0.6 is 15.9 Å². The van der Waals surface area contributed by atoms with E-state index < -0.39 is 0 Å². The maximum Gasteiger partial charge on any atom is 0.133 e. The molecule has 0 aliphatic heterocycles. The second-order valence-corrected chi connectivity index (χ2v) is 5.49. The smallest absolute Gasteiger partial charge is 0.133 e. The van der Waals surface area contributed by atoms with Crippen LogP contribution in [0, 0.1) is 0 Å². The number of halogens is 1. The minimum Gasteiger partial charge on any atom is -0.508 e. The molecule has 112 valence electrons. The number of rotatable bonds is 5. The summed E-state index contributed by atoms with van der Waals surface area (Å²) in [5.41, 5.74) is 1.71. The predicted octanol–water partition coefficient (Wildman–Crippen LogP) is 4.35. The van der Waals surface area contributed by atoms with E-state index in [9.17, 15) is 5.11 Å². The summed E-state index contributed by atoms with van der Waals surface area (Å²) in [5.74, 6) is 1.73. The third kappa shape index (κ3) is 3.61. The first kappa shape index (κ1) is 15.5. The van der Waals surface area contributed by atoms with Crippen LogP contribution in [0.4, 0.5) is 5.69 Å². The predicted molar refractivity (Wildman–Crippen MR) is 87.4 cm³/mol. The average Bonchev–Trinajstić information content (AvgIpc) is 2.48. The van der Waals surface area contributed by atoms with Crippen molar-refractivity contribution in [2.24, 2.45) is 0 Å². The Hall–Kier alpha value is -1.88. The maximum atomic E-state index is 9.99. The highest BCUT2D eigenvalue weighted by Crippen LogP contribution is 2.33. The van der Waals surface area contributed by atoms with E-state index >= 15 is 0 Å². The normalized spacial score (nSPS) is 11.8.